The maximum atomic E-state index is 13.1. The SMILES string of the molecule is CNc1nc(N)ncc1-c1ccc(N)c(C(=O)Nc2cnccc2N2CCCCC2)n1. The largest absolute Gasteiger partial charge is 0.397 e. The Morgan fingerprint density at radius 3 is 2.65 bits per heavy atom. The molecule has 6 N–H and O–H groups in total. The minimum absolute atomic E-state index is 0.116. The van der Waals surface area contributed by atoms with Crippen LogP contribution in [0.5, 0.6) is 0 Å². The second-order valence-electron chi connectivity index (χ2n) is 7.27. The van der Waals surface area contributed by atoms with Gasteiger partial charge in [-0.25, -0.2) is 9.97 Å². The first-order valence-corrected chi connectivity index (χ1v) is 10.1. The van der Waals surface area contributed by atoms with Gasteiger partial charge in [-0.2, -0.15) is 4.98 Å². The van der Waals surface area contributed by atoms with Crippen molar-refractivity contribution >= 4 is 34.7 Å². The molecule has 0 radical (unpaired) electrons. The lowest BCUT2D eigenvalue weighted by Crippen LogP contribution is -2.30. The summed E-state index contributed by atoms with van der Waals surface area (Å²) in [4.78, 5) is 32.2. The van der Waals surface area contributed by atoms with Crippen molar-refractivity contribution in [1.29, 1.82) is 0 Å². The summed E-state index contributed by atoms with van der Waals surface area (Å²) < 4.78 is 0. The Morgan fingerprint density at radius 1 is 1.06 bits per heavy atom. The van der Waals surface area contributed by atoms with Crippen LogP contribution in [0.2, 0.25) is 0 Å². The number of aromatic nitrogens is 4. The van der Waals surface area contributed by atoms with Gasteiger partial charge in [0.15, 0.2) is 5.69 Å². The van der Waals surface area contributed by atoms with Crippen molar-refractivity contribution in [2.45, 2.75) is 19.3 Å². The highest BCUT2D eigenvalue weighted by Gasteiger charge is 2.19. The number of carbonyl (C=O) groups is 1. The number of anilines is 5. The minimum atomic E-state index is -0.409. The van der Waals surface area contributed by atoms with E-state index < -0.39 is 5.91 Å². The monoisotopic (exact) mass is 419 g/mol. The maximum absolute atomic E-state index is 13.1. The van der Waals surface area contributed by atoms with Crippen LogP contribution in [0.3, 0.4) is 0 Å². The Morgan fingerprint density at radius 2 is 1.87 bits per heavy atom. The van der Waals surface area contributed by atoms with E-state index in [1.807, 2.05) is 6.07 Å². The molecule has 3 aromatic rings. The molecule has 0 atom stereocenters. The fourth-order valence-electron chi connectivity index (χ4n) is 3.65. The first kappa shape index (κ1) is 20.3. The molecule has 0 bridgehead atoms. The van der Waals surface area contributed by atoms with Crippen LogP contribution < -0.4 is 27.0 Å². The summed E-state index contributed by atoms with van der Waals surface area (Å²) in [5, 5.41) is 5.89. The standard InChI is InChI=1S/C21H25N9O/c1-24-19-13(11-26-21(23)29-19)15-6-5-14(22)18(27-15)20(31)28-16-12-25-8-7-17(16)30-9-3-2-4-10-30/h5-8,11-12H,2-4,9-10,22H2,1H3,(H,28,31)(H3,23,24,26,29). The molecule has 160 valence electrons. The second-order valence-corrected chi connectivity index (χ2v) is 7.27. The Hall–Kier alpha value is -3.95. The predicted molar refractivity (Wildman–Crippen MR) is 122 cm³/mol. The van der Waals surface area contributed by atoms with Crippen LogP contribution in [0.15, 0.2) is 36.8 Å². The van der Waals surface area contributed by atoms with Crippen LogP contribution >= 0.6 is 0 Å². The third kappa shape index (κ3) is 4.32. The molecule has 1 saturated heterocycles. The van der Waals surface area contributed by atoms with E-state index in [1.165, 1.54) is 6.42 Å². The van der Waals surface area contributed by atoms with Gasteiger partial charge in [0.05, 0.1) is 34.5 Å². The zero-order valence-electron chi connectivity index (χ0n) is 17.3. The molecule has 3 aromatic heterocycles. The van der Waals surface area contributed by atoms with Crippen molar-refractivity contribution in [2.75, 3.05) is 47.1 Å². The van der Waals surface area contributed by atoms with Gasteiger partial charge < -0.3 is 27.0 Å². The molecule has 0 spiro atoms. The van der Waals surface area contributed by atoms with E-state index in [2.05, 4.69) is 35.5 Å². The van der Waals surface area contributed by atoms with Gasteiger partial charge in [-0.1, -0.05) is 0 Å². The van der Waals surface area contributed by atoms with Crippen LogP contribution in [-0.4, -0.2) is 46.0 Å². The van der Waals surface area contributed by atoms with Gasteiger partial charge in [0.25, 0.3) is 5.91 Å². The van der Waals surface area contributed by atoms with Gasteiger partial charge in [-0.05, 0) is 37.5 Å². The number of nitrogen functional groups attached to an aromatic ring is 2. The topological polar surface area (TPSA) is 148 Å². The quantitative estimate of drug-likeness (QED) is 0.489. The lowest BCUT2D eigenvalue weighted by molar-refractivity contribution is 0.102. The Bertz CT molecular complexity index is 1100. The summed E-state index contributed by atoms with van der Waals surface area (Å²) in [6, 6.07) is 5.27. The smallest absolute Gasteiger partial charge is 0.276 e. The average molecular weight is 419 g/mol. The highest BCUT2D eigenvalue weighted by molar-refractivity contribution is 6.08. The molecule has 0 aromatic carbocycles. The van der Waals surface area contributed by atoms with Gasteiger partial charge in [-0.15, -0.1) is 0 Å². The molecule has 0 unspecified atom stereocenters. The van der Waals surface area contributed by atoms with E-state index in [4.69, 9.17) is 11.5 Å². The number of nitrogens with two attached hydrogens (primary N) is 2. The van der Waals surface area contributed by atoms with Gasteiger partial charge >= 0.3 is 0 Å². The number of nitrogens with one attached hydrogen (secondary N) is 2. The van der Waals surface area contributed by atoms with Crippen molar-refractivity contribution in [3.63, 3.8) is 0 Å². The predicted octanol–water partition coefficient (Wildman–Crippen LogP) is 2.38. The van der Waals surface area contributed by atoms with E-state index in [9.17, 15) is 4.79 Å². The fraction of sp³-hybridized carbons (Fsp3) is 0.286. The molecule has 1 aliphatic heterocycles. The molecule has 1 aliphatic rings. The zero-order valence-corrected chi connectivity index (χ0v) is 17.3. The van der Waals surface area contributed by atoms with Crippen molar-refractivity contribution < 1.29 is 4.79 Å². The zero-order chi connectivity index (χ0) is 21.8. The number of piperidine rings is 1. The minimum Gasteiger partial charge on any atom is -0.397 e. The first-order chi connectivity index (χ1) is 15.1. The third-order valence-electron chi connectivity index (χ3n) is 5.20. The highest BCUT2D eigenvalue weighted by Crippen LogP contribution is 2.29. The summed E-state index contributed by atoms with van der Waals surface area (Å²) in [5.41, 5.74) is 14.8. The van der Waals surface area contributed by atoms with Gasteiger partial charge in [0.1, 0.15) is 5.82 Å². The molecule has 10 nitrogen and oxygen atoms in total. The number of rotatable bonds is 5. The Kier molecular flexibility index (Phi) is 5.78. The van der Waals surface area contributed by atoms with E-state index in [1.54, 1.807) is 37.8 Å². The molecular formula is C21H25N9O. The first-order valence-electron chi connectivity index (χ1n) is 10.1. The van der Waals surface area contributed by atoms with Crippen molar-refractivity contribution in [2.24, 2.45) is 0 Å². The van der Waals surface area contributed by atoms with Crippen molar-refractivity contribution in [3.8, 4) is 11.3 Å². The molecule has 0 saturated carbocycles. The number of carbonyl (C=O) groups excluding carboxylic acids is 1. The fourth-order valence-corrected chi connectivity index (χ4v) is 3.65. The Labute approximate surface area is 180 Å². The maximum Gasteiger partial charge on any atom is 0.276 e. The molecular weight excluding hydrogens is 394 g/mol. The van der Waals surface area contributed by atoms with E-state index in [0.717, 1.165) is 31.6 Å². The van der Waals surface area contributed by atoms with E-state index in [0.29, 0.717) is 22.8 Å². The lowest BCUT2D eigenvalue weighted by Gasteiger charge is -2.30. The number of hydrogen-bond acceptors (Lipinski definition) is 9. The van der Waals surface area contributed by atoms with Crippen molar-refractivity contribution in [1.82, 2.24) is 19.9 Å². The molecule has 4 rings (SSSR count). The number of pyridine rings is 2. The van der Waals surface area contributed by atoms with Crippen molar-refractivity contribution in [3.05, 3.63) is 42.5 Å². The van der Waals surface area contributed by atoms with E-state index >= 15 is 0 Å². The molecule has 10 heteroatoms. The lowest BCUT2D eigenvalue weighted by atomic mass is 10.1. The summed E-state index contributed by atoms with van der Waals surface area (Å²) in [5.74, 6) is 0.243. The van der Waals surface area contributed by atoms with Gasteiger partial charge in [0.2, 0.25) is 5.95 Å². The number of amides is 1. The molecule has 31 heavy (non-hydrogen) atoms. The summed E-state index contributed by atoms with van der Waals surface area (Å²) in [6.45, 7) is 1.90. The number of hydrogen-bond donors (Lipinski definition) is 4. The molecule has 4 heterocycles. The van der Waals surface area contributed by atoms with Crippen LogP contribution in [0.4, 0.5) is 28.8 Å². The average Bonchev–Trinajstić information content (AvgIpc) is 2.80. The normalized spacial score (nSPS) is 13.6. The Balaban J connectivity index is 1.64. The van der Waals surface area contributed by atoms with Crippen LogP contribution in [0.1, 0.15) is 29.8 Å². The number of nitrogens with zero attached hydrogens (tertiary/aromatic N) is 5. The third-order valence-corrected chi connectivity index (χ3v) is 5.20. The van der Waals surface area contributed by atoms with Gasteiger partial charge in [-0.3, -0.25) is 9.78 Å². The van der Waals surface area contributed by atoms with Crippen LogP contribution in [-0.2, 0) is 0 Å². The highest BCUT2D eigenvalue weighted by atomic mass is 16.1. The summed E-state index contributed by atoms with van der Waals surface area (Å²) >= 11 is 0. The summed E-state index contributed by atoms with van der Waals surface area (Å²) in [7, 11) is 1.72. The summed E-state index contributed by atoms with van der Waals surface area (Å²) in [6.07, 6.45) is 8.42. The van der Waals surface area contributed by atoms with Crippen LogP contribution in [0.25, 0.3) is 11.3 Å². The molecule has 0 aliphatic carbocycles. The molecule has 1 fully saturated rings. The molecule has 1 amide bonds. The van der Waals surface area contributed by atoms with Gasteiger partial charge in [0, 0.05) is 32.5 Å². The van der Waals surface area contributed by atoms with E-state index in [-0.39, 0.29) is 17.3 Å². The second kappa shape index (κ2) is 8.82. The van der Waals surface area contributed by atoms with Crippen LogP contribution in [0, 0.1) is 0 Å².